The standard InChI is InChI=1S/C20H24F3N7O2S2/c1-10-7-29(8-11(2)24-10)13-6-12(34(31,32)28-20(3)4-5-20)9-30-14(13)16(23)25-17(30)19-27-26-18(33-19)15(21)22/h6,9-11,15,24,28H,4-5,7-8H2,1-3H3/t10-,11-/m0/s1. The van der Waals surface area contributed by atoms with Crippen molar-refractivity contribution in [2.45, 2.75) is 62.6 Å². The summed E-state index contributed by atoms with van der Waals surface area (Å²) in [7, 11) is -3.95. The molecule has 1 saturated carbocycles. The third kappa shape index (κ3) is 4.27. The number of nitrogens with one attached hydrogen (secondary N) is 2. The Labute approximate surface area is 198 Å². The van der Waals surface area contributed by atoms with Gasteiger partial charge in [-0.2, -0.15) is 9.37 Å². The maximum absolute atomic E-state index is 15.2. The third-order valence-electron chi connectivity index (χ3n) is 6.05. The lowest BCUT2D eigenvalue weighted by Gasteiger charge is -2.38. The van der Waals surface area contributed by atoms with Crippen molar-refractivity contribution in [1.29, 1.82) is 0 Å². The van der Waals surface area contributed by atoms with E-state index in [0.717, 1.165) is 12.8 Å². The van der Waals surface area contributed by atoms with Crippen molar-refractivity contribution in [1.82, 2.24) is 29.6 Å². The molecule has 0 amide bonds. The van der Waals surface area contributed by atoms with Crippen molar-refractivity contribution in [2.24, 2.45) is 0 Å². The monoisotopic (exact) mass is 515 g/mol. The number of fused-ring (bicyclic) bond motifs is 1. The van der Waals surface area contributed by atoms with E-state index in [-0.39, 0.29) is 33.3 Å². The van der Waals surface area contributed by atoms with Gasteiger partial charge in [0.05, 0.1) is 5.69 Å². The molecule has 34 heavy (non-hydrogen) atoms. The van der Waals surface area contributed by atoms with Crippen LogP contribution in [0.4, 0.5) is 18.9 Å². The molecule has 0 radical (unpaired) electrons. The van der Waals surface area contributed by atoms with Crippen LogP contribution < -0.4 is 14.9 Å². The number of anilines is 1. The Kier molecular flexibility index (Phi) is 5.61. The lowest BCUT2D eigenvalue weighted by Crippen LogP contribution is -2.54. The molecule has 0 bridgehead atoms. The summed E-state index contributed by atoms with van der Waals surface area (Å²) in [4.78, 5) is 5.78. The zero-order valence-electron chi connectivity index (χ0n) is 18.7. The quantitative estimate of drug-likeness (QED) is 0.520. The smallest absolute Gasteiger partial charge is 0.291 e. The van der Waals surface area contributed by atoms with Gasteiger partial charge in [0.15, 0.2) is 15.8 Å². The molecule has 1 saturated heterocycles. The number of sulfonamides is 1. The molecule has 2 atom stereocenters. The molecule has 14 heteroatoms. The van der Waals surface area contributed by atoms with E-state index in [1.807, 2.05) is 25.7 Å². The molecule has 3 aromatic heterocycles. The molecule has 0 aromatic carbocycles. The van der Waals surface area contributed by atoms with Crippen LogP contribution in [0.3, 0.4) is 0 Å². The molecule has 2 aliphatic rings. The second-order valence-electron chi connectivity index (χ2n) is 9.29. The normalized spacial score (nSPS) is 22.6. The van der Waals surface area contributed by atoms with Gasteiger partial charge in [-0.05, 0) is 39.7 Å². The molecule has 0 unspecified atom stereocenters. The fraction of sp³-hybridized carbons (Fsp3) is 0.550. The Morgan fingerprint density at radius 1 is 1.24 bits per heavy atom. The van der Waals surface area contributed by atoms with E-state index in [2.05, 4.69) is 25.2 Å². The second-order valence-corrected chi connectivity index (χ2v) is 12.0. The van der Waals surface area contributed by atoms with Gasteiger partial charge in [-0.1, -0.05) is 11.3 Å². The SMILES string of the molecule is C[C@H]1CN(c2cc(S(=O)(=O)NC3(C)CC3)cn3c(-c4nnc(C(F)F)s4)nc(F)c23)C[C@H](C)N1. The molecule has 1 aliphatic carbocycles. The Balaban J connectivity index is 1.71. The summed E-state index contributed by atoms with van der Waals surface area (Å²) in [5, 5.41) is 10.1. The van der Waals surface area contributed by atoms with Crippen LogP contribution in [0, 0.1) is 5.95 Å². The number of hydrogen-bond donors (Lipinski definition) is 2. The second kappa shape index (κ2) is 8.14. The Bertz CT molecular complexity index is 1340. The average Bonchev–Trinajstić information content (AvgIpc) is 3.14. The summed E-state index contributed by atoms with van der Waals surface area (Å²) in [5.74, 6) is -0.923. The van der Waals surface area contributed by atoms with Gasteiger partial charge in [0.25, 0.3) is 6.43 Å². The van der Waals surface area contributed by atoms with Crippen molar-refractivity contribution in [3.8, 4) is 10.8 Å². The van der Waals surface area contributed by atoms with Crippen LogP contribution in [-0.4, -0.2) is 58.7 Å². The number of hydrogen-bond acceptors (Lipinski definition) is 8. The van der Waals surface area contributed by atoms with Crippen LogP contribution >= 0.6 is 11.3 Å². The highest BCUT2D eigenvalue weighted by Crippen LogP contribution is 2.38. The van der Waals surface area contributed by atoms with E-state index in [9.17, 15) is 17.2 Å². The number of nitrogens with zero attached hydrogens (tertiary/aromatic N) is 5. The Morgan fingerprint density at radius 3 is 2.50 bits per heavy atom. The lowest BCUT2D eigenvalue weighted by molar-refractivity contribution is 0.150. The molecule has 4 heterocycles. The minimum atomic E-state index is -3.95. The fourth-order valence-electron chi connectivity index (χ4n) is 4.28. The van der Waals surface area contributed by atoms with Crippen LogP contribution in [0.25, 0.3) is 16.3 Å². The first kappa shape index (κ1) is 23.5. The van der Waals surface area contributed by atoms with Gasteiger partial charge < -0.3 is 10.2 Å². The molecule has 2 N–H and O–H groups in total. The predicted molar refractivity (Wildman–Crippen MR) is 121 cm³/mol. The third-order valence-corrected chi connectivity index (χ3v) is 8.59. The summed E-state index contributed by atoms with van der Waals surface area (Å²) in [5.41, 5.74) is -0.0963. The molecule has 5 rings (SSSR count). The van der Waals surface area contributed by atoms with Crippen molar-refractivity contribution in [2.75, 3.05) is 18.0 Å². The van der Waals surface area contributed by atoms with Crippen LogP contribution in [0.15, 0.2) is 17.2 Å². The fourth-order valence-corrected chi connectivity index (χ4v) is 6.44. The Morgan fingerprint density at radius 2 is 1.91 bits per heavy atom. The van der Waals surface area contributed by atoms with Gasteiger partial charge in [-0.3, -0.25) is 4.40 Å². The molecule has 0 spiro atoms. The molecule has 3 aromatic rings. The topological polar surface area (TPSA) is 105 Å². The molecular formula is C20H24F3N7O2S2. The van der Waals surface area contributed by atoms with Crippen LogP contribution in [0.5, 0.6) is 0 Å². The van der Waals surface area contributed by atoms with Crippen LogP contribution in [0.1, 0.15) is 45.0 Å². The largest absolute Gasteiger partial charge is 0.367 e. The van der Waals surface area contributed by atoms with Gasteiger partial charge in [-0.15, -0.1) is 10.2 Å². The number of halogens is 3. The van der Waals surface area contributed by atoms with Gasteiger partial charge in [0, 0.05) is 36.9 Å². The molecular weight excluding hydrogens is 491 g/mol. The number of rotatable bonds is 6. The average molecular weight is 516 g/mol. The molecule has 9 nitrogen and oxygen atoms in total. The van der Waals surface area contributed by atoms with E-state index in [1.54, 1.807) is 0 Å². The zero-order chi connectivity index (χ0) is 24.4. The van der Waals surface area contributed by atoms with Crippen molar-refractivity contribution >= 4 is 32.6 Å². The maximum atomic E-state index is 15.2. The van der Waals surface area contributed by atoms with E-state index in [0.29, 0.717) is 30.1 Å². The predicted octanol–water partition coefficient (Wildman–Crippen LogP) is 2.95. The number of piperazine rings is 1. The summed E-state index contributed by atoms with van der Waals surface area (Å²) in [6.07, 6.45) is -0.127. The maximum Gasteiger partial charge on any atom is 0.291 e. The number of aromatic nitrogens is 4. The minimum Gasteiger partial charge on any atom is -0.367 e. The van der Waals surface area contributed by atoms with Gasteiger partial charge in [0.2, 0.25) is 16.0 Å². The highest BCUT2D eigenvalue weighted by atomic mass is 32.2. The van der Waals surface area contributed by atoms with Crippen molar-refractivity contribution in [3.63, 3.8) is 0 Å². The van der Waals surface area contributed by atoms with Crippen LogP contribution in [0.2, 0.25) is 0 Å². The van der Waals surface area contributed by atoms with E-state index < -0.39 is 32.9 Å². The van der Waals surface area contributed by atoms with Gasteiger partial charge in [0.1, 0.15) is 10.4 Å². The summed E-state index contributed by atoms with van der Waals surface area (Å²) >= 11 is 0.587. The first-order valence-electron chi connectivity index (χ1n) is 10.8. The zero-order valence-corrected chi connectivity index (χ0v) is 20.4. The molecule has 1 aliphatic heterocycles. The summed E-state index contributed by atoms with van der Waals surface area (Å²) < 4.78 is 71.9. The lowest BCUT2D eigenvalue weighted by atomic mass is 10.1. The Hall–Kier alpha value is -2.29. The summed E-state index contributed by atoms with van der Waals surface area (Å²) in [6, 6.07) is 1.61. The van der Waals surface area contributed by atoms with Gasteiger partial charge in [-0.25, -0.2) is 21.9 Å². The van der Waals surface area contributed by atoms with E-state index in [4.69, 9.17) is 0 Å². The number of alkyl halides is 2. The highest BCUT2D eigenvalue weighted by Gasteiger charge is 2.42. The van der Waals surface area contributed by atoms with Crippen LogP contribution in [-0.2, 0) is 10.0 Å². The first-order valence-corrected chi connectivity index (χ1v) is 13.1. The van der Waals surface area contributed by atoms with E-state index in [1.165, 1.54) is 16.7 Å². The minimum absolute atomic E-state index is 0.0288. The molecule has 2 fully saturated rings. The first-order chi connectivity index (χ1) is 16.0. The van der Waals surface area contributed by atoms with Crippen molar-refractivity contribution in [3.05, 3.63) is 23.2 Å². The van der Waals surface area contributed by atoms with E-state index >= 15 is 4.39 Å². The molecule has 184 valence electrons. The number of imidazole rings is 1. The highest BCUT2D eigenvalue weighted by molar-refractivity contribution is 7.89. The number of pyridine rings is 1. The summed E-state index contributed by atoms with van der Waals surface area (Å²) in [6.45, 7) is 6.83. The van der Waals surface area contributed by atoms with Crippen molar-refractivity contribution < 1.29 is 21.6 Å². The van der Waals surface area contributed by atoms with Gasteiger partial charge >= 0.3 is 0 Å².